The van der Waals surface area contributed by atoms with E-state index < -0.39 is 0 Å². The SMILES string of the molecule is CCc1ccc(C(CN)N(C)C(CC)CC)cc1. The van der Waals surface area contributed by atoms with Gasteiger partial charge >= 0.3 is 0 Å². The zero-order valence-electron chi connectivity index (χ0n) is 12.3. The summed E-state index contributed by atoms with van der Waals surface area (Å²) < 4.78 is 0. The van der Waals surface area contributed by atoms with E-state index in [2.05, 4.69) is 57.0 Å². The smallest absolute Gasteiger partial charge is 0.0470 e. The fraction of sp³-hybridized carbons (Fsp3) is 0.625. The summed E-state index contributed by atoms with van der Waals surface area (Å²) in [5, 5.41) is 0. The van der Waals surface area contributed by atoms with E-state index in [-0.39, 0.29) is 0 Å². The Morgan fingerprint density at radius 1 is 1.06 bits per heavy atom. The minimum absolute atomic E-state index is 0.334. The second-order valence-electron chi connectivity index (χ2n) is 4.98. The highest BCUT2D eigenvalue weighted by Gasteiger charge is 2.20. The zero-order chi connectivity index (χ0) is 13.5. The lowest BCUT2D eigenvalue weighted by atomic mass is 10.00. The first-order chi connectivity index (χ1) is 8.67. The molecule has 102 valence electrons. The number of nitrogens with zero attached hydrogens (tertiary/aromatic N) is 1. The molecule has 0 spiro atoms. The van der Waals surface area contributed by atoms with Crippen molar-refractivity contribution in [3.05, 3.63) is 35.4 Å². The molecule has 18 heavy (non-hydrogen) atoms. The molecule has 2 nitrogen and oxygen atoms in total. The second-order valence-corrected chi connectivity index (χ2v) is 4.98. The topological polar surface area (TPSA) is 29.3 Å². The molecule has 0 radical (unpaired) electrons. The second kappa shape index (κ2) is 7.55. The standard InChI is InChI=1S/C16H28N2/c1-5-13-8-10-14(11-9-13)16(12-17)18(4)15(6-2)7-3/h8-11,15-16H,5-7,12,17H2,1-4H3. The Kier molecular flexibility index (Phi) is 6.37. The van der Waals surface area contributed by atoms with Crippen molar-refractivity contribution in [1.29, 1.82) is 0 Å². The molecule has 1 aromatic carbocycles. The average molecular weight is 248 g/mol. The Balaban J connectivity index is 2.86. The minimum atomic E-state index is 0.334. The van der Waals surface area contributed by atoms with Crippen LogP contribution < -0.4 is 5.73 Å². The Morgan fingerprint density at radius 3 is 2.00 bits per heavy atom. The first-order valence-electron chi connectivity index (χ1n) is 7.18. The van der Waals surface area contributed by atoms with E-state index in [1.54, 1.807) is 0 Å². The lowest BCUT2D eigenvalue weighted by Crippen LogP contribution is -2.38. The van der Waals surface area contributed by atoms with Gasteiger partial charge in [-0.25, -0.2) is 0 Å². The molecule has 0 heterocycles. The predicted octanol–water partition coefficient (Wildman–Crippen LogP) is 3.37. The molecule has 0 aliphatic heterocycles. The van der Waals surface area contributed by atoms with Crippen LogP contribution >= 0.6 is 0 Å². The number of benzene rings is 1. The molecule has 2 N–H and O–H groups in total. The van der Waals surface area contributed by atoms with Crippen molar-refractivity contribution in [3.8, 4) is 0 Å². The van der Waals surface area contributed by atoms with Gasteiger partial charge in [-0.3, -0.25) is 4.90 Å². The maximum Gasteiger partial charge on any atom is 0.0470 e. The van der Waals surface area contributed by atoms with Crippen LogP contribution in [0.15, 0.2) is 24.3 Å². The highest BCUT2D eigenvalue weighted by molar-refractivity contribution is 5.25. The maximum atomic E-state index is 5.98. The molecule has 0 amide bonds. The Labute approximate surface area is 112 Å². The molecule has 1 rings (SSSR count). The zero-order valence-corrected chi connectivity index (χ0v) is 12.3. The van der Waals surface area contributed by atoms with Gasteiger partial charge in [-0.05, 0) is 37.4 Å². The lowest BCUT2D eigenvalue weighted by Gasteiger charge is -2.34. The van der Waals surface area contributed by atoms with Crippen LogP contribution in [-0.2, 0) is 6.42 Å². The van der Waals surface area contributed by atoms with Gasteiger partial charge in [-0.15, -0.1) is 0 Å². The van der Waals surface area contributed by atoms with Gasteiger partial charge in [-0.1, -0.05) is 45.0 Å². The van der Waals surface area contributed by atoms with Crippen LogP contribution in [0, 0.1) is 0 Å². The predicted molar refractivity (Wildman–Crippen MR) is 79.7 cm³/mol. The summed E-state index contributed by atoms with van der Waals surface area (Å²) in [6.45, 7) is 7.36. The monoisotopic (exact) mass is 248 g/mol. The molecule has 0 fully saturated rings. The van der Waals surface area contributed by atoms with Crippen LogP contribution in [0.3, 0.4) is 0 Å². The number of hydrogen-bond donors (Lipinski definition) is 1. The fourth-order valence-corrected chi connectivity index (χ4v) is 2.63. The van der Waals surface area contributed by atoms with E-state index in [0.29, 0.717) is 18.6 Å². The van der Waals surface area contributed by atoms with Crippen molar-refractivity contribution in [2.75, 3.05) is 13.6 Å². The maximum absolute atomic E-state index is 5.98. The summed E-state index contributed by atoms with van der Waals surface area (Å²) in [5.74, 6) is 0. The number of aryl methyl sites for hydroxylation is 1. The third kappa shape index (κ3) is 3.56. The number of hydrogen-bond acceptors (Lipinski definition) is 2. The third-order valence-electron chi connectivity index (χ3n) is 4.01. The van der Waals surface area contributed by atoms with Crippen molar-refractivity contribution in [1.82, 2.24) is 4.90 Å². The number of nitrogens with two attached hydrogens (primary N) is 1. The molecule has 0 aliphatic rings. The lowest BCUT2D eigenvalue weighted by molar-refractivity contribution is 0.168. The molecular weight excluding hydrogens is 220 g/mol. The van der Waals surface area contributed by atoms with Crippen molar-refractivity contribution in [2.45, 2.75) is 52.1 Å². The van der Waals surface area contributed by atoms with Crippen molar-refractivity contribution in [2.24, 2.45) is 5.73 Å². The first kappa shape index (κ1) is 15.2. The molecule has 1 unspecified atom stereocenters. The Bertz CT molecular complexity index is 327. The quantitative estimate of drug-likeness (QED) is 0.801. The van der Waals surface area contributed by atoms with Gasteiger partial charge in [0.15, 0.2) is 0 Å². The molecule has 0 aromatic heterocycles. The molecule has 0 saturated heterocycles. The van der Waals surface area contributed by atoms with Crippen LogP contribution in [0.5, 0.6) is 0 Å². The minimum Gasteiger partial charge on any atom is -0.329 e. The van der Waals surface area contributed by atoms with Gasteiger partial charge in [-0.2, -0.15) is 0 Å². The van der Waals surface area contributed by atoms with Gasteiger partial charge in [0.1, 0.15) is 0 Å². The Hall–Kier alpha value is -0.860. The highest BCUT2D eigenvalue weighted by atomic mass is 15.2. The Morgan fingerprint density at radius 2 is 1.61 bits per heavy atom. The van der Waals surface area contributed by atoms with E-state index in [9.17, 15) is 0 Å². The molecule has 1 atom stereocenters. The summed E-state index contributed by atoms with van der Waals surface area (Å²) in [6, 6.07) is 9.85. The largest absolute Gasteiger partial charge is 0.329 e. The van der Waals surface area contributed by atoms with E-state index in [4.69, 9.17) is 5.73 Å². The molecule has 0 aliphatic carbocycles. The van der Waals surface area contributed by atoms with E-state index >= 15 is 0 Å². The molecule has 0 bridgehead atoms. The first-order valence-corrected chi connectivity index (χ1v) is 7.18. The van der Waals surface area contributed by atoms with Gasteiger partial charge in [0.05, 0.1) is 0 Å². The molecule has 1 aromatic rings. The third-order valence-corrected chi connectivity index (χ3v) is 4.01. The van der Waals surface area contributed by atoms with Crippen molar-refractivity contribution in [3.63, 3.8) is 0 Å². The average Bonchev–Trinajstić information content (AvgIpc) is 2.42. The number of likely N-dealkylation sites (N-methyl/N-ethyl adjacent to an activating group) is 1. The van der Waals surface area contributed by atoms with Gasteiger partial charge in [0.25, 0.3) is 0 Å². The van der Waals surface area contributed by atoms with Crippen LogP contribution in [0.4, 0.5) is 0 Å². The van der Waals surface area contributed by atoms with Gasteiger partial charge in [0, 0.05) is 18.6 Å². The normalized spacial score (nSPS) is 13.3. The summed E-state index contributed by atoms with van der Waals surface area (Å²) in [7, 11) is 2.20. The van der Waals surface area contributed by atoms with E-state index in [0.717, 1.165) is 6.42 Å². The van der Waals surface area contributed by atoms with E-state index in [1.165, 1.54) is 24.0 Å². The van der Waals surface area contributed by atoms with Gasteiger partial charge < -0.3 is 5.73 Å². The summed E-state index contributed by atoms with van der Waals surface area (Å²) >= 11 is 0. The van der Waals surface area contributed by atoms with Crippen LogP contribution in [0.25, 0.3) is 0 Å². The summed E-state index contributed by atoms with van der Waals surface area (Å²) in [5.41, 5.74) is 8.71. The van der Waals surface area contributed by atoms with Gasteiger partial charge in [0.2, 0.25) is 0 Å². The molecular formula is C16H28N2. The molecule has 2 heteroatoms. The van der Waals surface area contributed by atoms with Crippen LogP contribution in [0.1, 0.15) is 50.8 Å². The fourth-order valence-electron chi connectivity index (χ4n) is 2.63. The summed E-state index contributed by atoms with van der Waals surface area (Å²) in [6.07, 6.45) is 3.45. The number of rotatable bonds is 7. The summed E-state index contributed by atoms with van der Waals surface area (Å²) in [4.78, 5) is 2.43. The highest BCUT2D eigenvalue weighted by Crippen LogP contribution is 2.23. The molecule has 0 saturated carbocycles. The van der Waals surface area contributed by atoms with Crippen LogP contribution in [0.2, 0.25) is 0 Å². The van der Waals surface area contributed by atoms with Crippen molar-refractivity contribution < 1.29 is 0 Å². The van der Waals surface area contributed by atoms with Crippen LogP contribution in [-0.4, -0.2) is 24.5 Å². The van der Waals surface area contributed by atoms with E-state index in [1.807, 2.05) is 0 Å². The van der Waals surface area contributed by atoms with Crippen molar-refractivity contribution >= 4 is 0 Å².